The van der Waals surface area contributed by atoms with Crippen LogP contribution in [0.4, 0.5) is 0 Å². The molecule has 16 heavy (non-hydrogen) atoms. The minimum Gasteiger partial charge on any atom is -0.481 e. The number of carboxylic acids is 1. The number of amides is 1. The van der Waals surface area contributed by atoms with E-state index >= 15 is 0 Å². The average molecular weight is 232 g/mol. The Balaban J connectivity index is 0. The van der Waals surface area contributed by atoms with Crippen molar-refractivity contribution in [2.24, 2.45) is 17.4 Å². The Morgan fingerprint density at radius 1 is 1.25 bits per heavy atom. The van der Waals surface area contributed by atoms with Gasteiger partial charge in [0.1, 0.15) is 0 Å². The molecule has 0 saturated carbocycles. The molecule has 5 heteroatoms. The first-order valence-electron chi connectivity index (χ1n) is 5.67. The van der Waals surface area contributed by atoms with Gasteiger partial charge in [0.05, 0.1) is 0 Å². The van der Waals surface area contributed by atoms with E-state index in [0.717, 1.165) is 19.3 Å². The van der Waals surface area contributed by atoms with Crippen molar-refractivity contribution in [1.82, 2.24) is 0 Å². The SMILES string of the molecule is CCCC(CN)CC(=O)O.CCCC(N)=O. The summed E-state index contributed by atoms with van der Waals surface area (Å²) < 4.78 is 0. The van der Waals surface area contributed by atoms with Gasteiger partial charge in [-0.1, -0.05) is 20.3 Å². The van der Waals surface area contributed by atoms with E-state index < -0.39 is 5.97 Å². The Bertz CT molecular complexity index is 196. The molecule has 0 fully saturated rings. The average Bonchev–Trinajstić information content (AvgIpc) is 2.17. The third-order valence-corrected chi connectivity index (χ3v) is 1.99. The summed E-state index contributed by atoms with van der Waals surface area (Å²) in [6.45, 7) is 4.44. The Labute approximate surface area is 97.2 Å². The molecule has 0 rings (SSSR count). The number of rotatable bonds is 7. The third-order valence-electron chi connectivity index (χ3n) is 1.99. The molecular formula is C11H24N2O3. The van der Waals surface area contributed by atoms with Gasteiger partial charge in [-0.3, -0.25) is 9.59 Å². The molecular weight excluding hydrogens is 208 g/mol. The number of primary amides is 1. The fourth-order valence-electron chi connectivity index (χ4n) is 1.20. The molecule has 1 amide bonds. The number of aliphatic carboxylic acids is 1. The molecule has 0 aliphatic heterocycles. The lowest BCUT2D eigenvalue weighted by atomic mass is 10.0. The molecule has 1 unspecified atom stereocenters. The van der Waals surface area contributed by atoms with Gasteiger partial charge in [-0.25, -0.2) is 0 Å². The Kier molecular flexibility index (Phi) is 12.9. The van der Waals surface area contributed by atoms with Crippen molar-refractivity contribution in [2.75, 3.05) is 6.54 Å². The maximum absolute atomic E-state index is 10.2. The zero-order valence-electron chi connectivity index (χ0n) is 10.2. The molecule has 0 bridgehead atoms. The predicted molar refractivity (Wildman–Crippen MR) is 63.8 cm³/mol. The quantitative estimate of drug-likeness (QED) is 0.611. The van der Waals surface area contributed by atoms with E-state index in [1.54, 1.807) is 0 Å². The van der Waals surface area contributed by atoms with E-state index in [1.165, 1.54) is 0 Å². The van der Waals surface area contributed by atoms with E-state index in [1.807, 2.05) is 13.8 Å². The lowest BCUT2D eigenvalue weighted by Crippen LogP contribution is -2.17. The second kappa shape index (κ2) is 12.0. The van der Waals surface area contributed by atoms with Crippen molar-refractivity contribution in [3.8, 4) is 0 Å². The fraction of sp³-hybridized carbons (Fsp3) is 0.818. The summed E-state index contributed by atoms with van der Waals surface area (Å²) >= 11 is 0. The van der Waals surface area contributed by atoms with Gasteiger partial charge < -0.3 is 16.6 Å². The van der Waals surface area contributed by atoms with E-state index in [4.69, 9.17) is 16.6 Å². The highest BCUT2D eigenvalue weighted by Crippen LogP contribution is 2.08. The van der Waals surface area contributed by atoms with Gasteiger partial charge in [0.2, 0.25) is 5.91 Å². The molecule has 5 N–H and O–H groups in total. The molecule has 0 aliphatic carbocycles. The molecule has 1 atom stereocenters. The smallest absolute Gasteiger partial charge is 0.303 e. The highest BCUT2D eigenvalue weighted by Gasteiger charge is 2.09. The predicted octanol–water partition coefficient (Wildman–Crippen LogP) is 1.11. The summed E-state index contributed by atoms with van der Waals surface area (Å²) in [6, 6.07) is 0. The summed E-state index contributed by atoms with van der Waals surface area (Å²) in [4.78, 5) is 20.0. The molecule has 5 nitrogen and oxygen atoms in total. The van der Waals surface area contributed by atoms with Crippen molar-refractivity contribution < 1.29 is 14.7 Å². The van der Waals surface area contributed by atoms with Crippen molar-refractivity contribution >= 4 is 11.9 Å². The molecule has 0 saturated heterocycles. The fourth-order valence-corrected chi connectivity index (χ4v) is 1.20. The summed E-state index contributed by atoms with van der Waals surface area (Å²) in [5.74, 6) is -0.788. The van der Waals surface area contributed by atoms with Crippen LogP contribution in [0.15, 0.2) is 0 Å². The summed E-state index contributed by atoms with van der Waals surface area (Å²) in [5.41, 5.74) is 10.1. The van der Waals surface area contributed by atoms with Crippen LogP contribution in [-0.2, 0) is 9.59 Å². The van der Waals surface area contributed by atoms with Crippen molar-refractivity contribution in [2.45, 2.75) is 46.0 Å². The van der Waals surface area contributed by atoms with Crippen LogP contribution in [0.1, 0.15) is 46.0 Å². The largest absolute Gasteiger partial charge is 0.481 e. The summed E-state index contributed by atoms with van der Waals surface area (Å²) in [6.07, 6.45) is 3.51. The van der Waals surface area contributed by atoms with Gasteiger partial charge in [0.25, 0.3) is 0 Å². The van der Waals surface area contributed by atoms with E-state index in [2.05, 4.69) is 0 Å². The van der Waals surface area contributed by atoms with Gasteiger partial charge in [-0.05, 0) is 25.3 Å². The van der Waals surface area contributed by atoms with Crippen molar-refractivity contribution in [3.05, 3.63) is 0 Å². The van der Waals surface area contributed by atoms with Gasteiger partial charge >= 0.3 is 5.97 Å². The molecule has 0 heterocycles. The molecule has 96 valence electrons. The Hall–Kier alpha value is -1.10. The number of carbonyl (C=O) groups is 2. The molecule has 0 aliphatic rings. The first kappa shape index (κ1) is 17.3. The maximum Gasteiger partial charge on any atom is 0.303 e. The number of hydrogen-bond donors (Lipinski definition) is 3. The van der Waals surface area contributed by atoms with Crippen LogP contribution in [0, 0.1) is 5.92 Å². The molecule has 0 aromatic rings. The molecule has 0 aromatic heterocycles. The van der Waals surface area contributed by atoms with Crippen molar-refractivity contribution in [1.29, 1.82) is 0 Å². The summed E-state index contributed by atoms with van der Waals surface area (Å²) in [7, 11) is 0. The highest BCUT2D eigenvalue weighted by molar-refractivity contribution is 5.73. The standard InChI is InChI=1S/C7H15NO2.C4H9NO/c1-2-3-6(5-8)4-7(9)10;1-2-3-4(5)6/h6H,2-5,8H2,1H3,(H,9,10);2-3H2,1H3,(H2,5,6). The second-order valence-corrected chi connectivity index (χ2v) is 3.70. The van der Waals surface area contributed by atoms with Gasteiger partial charge in [-0.2, -0.15) is 0 Å². The monoisotopic (exact) mass is 232 g/mol. The van der Waals surface area contributed by atoms with Gasteiger partial charge in [0.15, 0.2) is 0 Å². The van der Waals surface area contributed by atoms with Crippen LogP contribution in [0.25, 0.3) is 0 Å². The normalized spacial score (nSPS) is 11.2. The van der Waals surface area contributed by atoms with Crippen LogP contribution in [0.2, 0.25) is 0 Å². The lowest BCUT2D eigenvalue weighted by Gasteiger charge is -2.08. The third kappa shape index (κ3) is 15.4. The second-order valence-electron chi connectivity index (χ2n) is 3.70. The van der Waals surface area contributed by atoms with E-state index in [-0.39, 0.29) is 18.2 Å². The number of nitrogens with two attached hydrogens (primary N) is 2. The van der Waals surface area contributed by atoms with E-state index in [0.29, 0.717) is 13.0 Å². The van der Waals surface area contributed by atoms with Crippen LogP contribution >= 0.6 is 0 Å². The molecule has 0 radical (unpaired) electrons. The maximum atomic E-state index is 10.2. The van der Waals surface area contributed by atoms with Crippen molar-refractivity contribution in [3.63, 3.8) is 0 Å². The highest BCUT2D eigenvalue weighted by atomic mass is 16.4. The Morgan fingerprint density at radius 3 is 2.00 bits per heavy atom. The number of hydrogen-bond acceptors (Lipinski definition) is 3. The summed E-state index contributed by atoms with van der Waals surface area (Å²) in [5, 5.41) is 8.39. The first-order valence-corrected chi connectivity index (χ1v) is 5.67. The first-order chi connectivity index (χ1) is 7.47. The zero-order chi connectivity index (χ0) is 13.0. The lowest BCUT2D eigenvalue weighted by molar-refractivity contribution is -0.138. The van der Waals surface area contributed by atoms with Gasteiger partial charge in [0, 0.05) is 12.8 Å². The number of carbonyl (C=O) groups excluding carboxylic acids is 1. The molecule has 0 aromatic carbocycles. The molecule has 0 spiro atoms. The minimum absolute atomic E-state index is 0.169. The topological polar surface area (TPSA) is 106 Å². The van der Waals surface area contributed by atoms with Crippen LogP contribution < -0.4 is 11.5 Å². The van der Waals surface area contributed by atoms with Crippen LogP contribution in [0.3, 0.4) is 0 Å². The minimum atomic E-state index is -0.746. The zero-order valence-corrected chi connectivity index (χ0v) is 10.2. The van der Waals surface area contributed by atoms with Crippen LogP contribution in [0.5, 0.6) is 0 Å². The van der Waals surface area contributed by atoms with E-state index in [9.17, 15) is 9.59 Å². The Morgan fingerprint density at radius 2 is 1.81 bits per heavy atom. The number of carboxylic acid groups (broad SMARTS) is 1. The van der Waals surface area contributed by atoms with Crippen LogP contribution in [-0.4, -0.2) is 23.5 Å². The van der Waals surface area contributed by atoms with Gasteiger partial charge in [-0.15, -0.1) is 0 Å².